The van der Waals surface area contributed by atoms with Gasteiger partial charge in [0.2, 0.25) is 0 Å². The van der Waals surface area contributed by atoms with E-state index in [0.29, 0.717) is 11.6 Å². The van der Waals surface area contributed by atoms with Gasteiger partial charge in [0, 0.05) is 50.5 Å². The molecule has 1 aromatic carbocycles. The van der Waals surface area contributed by atoms with Gasteiger partial charge in [0.1, 0.15) is 0 Å². The number of hydrogen-bond acceptors (Lipinski definition) is 6. The molecule has 0 atom stereocenters. The third-order valence-electron chi connectivity index (χ3n) is 3.64. The fourth-order valence-corrected chi connectivity index (χ4v) is 2.67. The molecule has 0 unspecified atom stereocenters. The third-order valence-corrected chi connectivity index (χ3v) is 3.64. The van der Waals surface area contributed by atoms with Crippen LogP contribution in [0.1, 0.15) is 13.8 Å². The minimum Gasteiger partial charge on any atom is -0.369 e. The van der Waals surface area contributed by atoms with E-state index in [0.717, 1.165) is 38.4 Å². The molecule has 7 nitrogen and oxygen atoms in total. The summed E-state index contributed by atoms with van der Waals surface area (Å²) >= 11 is 0. The molecule has 1 saturated heterocycles. The van der Waals surface area contributed by atoms with Crippen LogP contribution in [0.5, 0.6) is 0 Å². The first-order chi connectivity index (χ1) is 9.99. The van der Waals surface area contributed by atoms with E-state index in [1.54, 1.807) is 6.07 Å². The molecule has 1 aliphatic heterocycles. The van der Waals surface area contributed by atoms with Gasteiger partial charge in [-0.25, -0.2) is 0 Å². The Morgan fingerprint density at radius 1 is 1.29 bits per heavy atom. The number of benzene rings is 1. The molecule has 7 heteroatoms. The van der Waals surface area contributed by atoms with Crippen LogP contribution in [0.2, 0.25) is 0 Å². The quantitative estimate of drug-likeness (QED) is 0.488. The lowest BCUT2D eigenvalue weighted by molar-refractivity contribution is -0.384. The average Bonchev–Trinajstić information content (AvgIpc) is 2.46. The first-order valence-electron chi connectivity index (χ1n) is 7.23. The van der Waals surface area contributed by atoms with Crippen molar-refractivity contribution in [1.29, 1.82) is 0 Å². The lowest BCUT2D eigenvalue weighted by Gasteiger charge is -2.36. The Hall–Kier alpha value is -1.86. The molecular weight excluding hydrogens is 270 g/mol. The number of hydrazine groups is 1. The van der Waals surface area contributed by atoms with Crippen LogP contribution in [0, 0.1) is 16.0 Å². The largest absolute Gasteiger partial charge is 0.369 e. The zero-order valence-corrected chi connectivity index (χ0v) is 12.6. The Kier molecular flexibility index (Phi) is 4.98. The minimum atomic E-state index is -0.390. The zero-order chi connectivity index (χ0) is 15.4. The highest BCUT2D eigenvalue weighted by Crippen LogP contribution is 2.27. The van der Waals surface area contributed by atoms with Crippen molar-refractivity contribution in [2.24, 2.45) is 11.8 Å². The summed E-state index contributed by atoms with van der Waals surface area (Å²) in [6.45, 7) is 9.23. The summed E-state index contributed by atoms with van der Waals surface area (Å²) < 4.78 is 0. The standard InChI is InChI=1S/C14H23N5O2/c1-11(2)10-17-3-5-18(6-4-17)13-7-12(16-15)8-14(9-13)19(20)21/h7-9,11,16H,3-6,10,15H2,1-2H3. The van der Waals surface area contributed by atoms with Gasteiger partial charge in [-0.2, -0.15) is 0 Å². The molecule has 116 valence electrons. The molecule has 1 fully saturated rings. The van der Waals surface area contributed by atoms with Crippen molar-refractivity contribution in [3.05, 3.63) is 28.3 Å². The Morgan fingerprint density at radius 2 is 1.95 bits per heavy atom. The summed E-state index contributed by atoms with van der Waals surface area (Å²) in [6, 6.07) is 4.91. The molecule has 0 aliphatic carbocycles. The lowest BCUT2D eigenvalue weighted by atomic mass is 10.1. The molecule has 0 bridgehead atoms. The van der Waals surface area contributed by atoms with Gasteiger partial charge in [0.15, 0.2) is 0 Å². The number of nitro benzene ring substituents is 1. The second-order valence-corrected chi connectivity index (χ2v) is 5.82. The van der Waals surface area contributed by atoms with Crippen molar-refractivity contribution in [2.75, 3.05) is 43.0 Å². The number of nitrogens with two attached hydrogens (primary N) is 1. The zero-order valence-electron chi connectivity index (χ0n) is 12.6. The Balaban J connectivity index is 2.09. The molecular formula is C14H23N5O2. The maximum atomic E-state index is 11.0. The molecule has 0 radical (unpaired) electrons. The molecule has 21 heavy (non-hydrogen) atoms. The molecule has 1 aliphatic rings. The van der Waals surface area contributed by atoms with E-state index < -0.39 is 0 Å². The Morgan fingerprint density at radius 3 is 2.48 bits per heavy atom. The molecule has 0 spiro atoms. The van der Waals surface area contributed by atoms with Crippen molar-refractivity contribution in [3.63, 3.8) is 0 Å². The minimum absolute atomic E-state index is 0.0602. The van der Waals surface area contributed by atoms with Crippen molar-refractivity contribution in [1.82, 2.24) is 4.90 Å². The number of nitrogens with one attached hydrogen (secondary N) is 1. The van der Waals surface area contributed by atoms with Gasteiger partial charge in [-0.05, 0) is 12.0 Å². The molecule has 3 N–H and O–H groups in total. The van der Waals surface area contributed by atoms with E-state index in [9.17, 15) is 10.1 Å². The number of nitro groups is 1. The number of anilines is 2. The van der Waals surface area contributed by atoms with Gasteiger partial charge in [0.25, 0.3) is 5.69 Å². The van der Waals surface area contributed by atoms with Gasteiger partial charge >= 0.3 is 0 Å². The normalized spacial score (nSPS) is 16.3. The van der Waals surface area contributed by atoms with E-state index in [-0.39, 0.29) is 10.6 Å². The topological polar surface area (TPSA) is 87.7 Å². The third kappa shape index (κ3) is 4.05. The number of nitrogens with zero attached hydrogens (tertiary/aromatic N) is 3. The van der Waals surface area contributed by atoms with Crippen LogP contribution in [-0.4, -0.2) is 42.5 Å². The van der Waals surface area contributed by atoms with E-state index in [1.165, 1.54) is 6.07 Å². The first-order valence-corrected chi connectivity index (χ1v) is 7.23. The SMILES string of the molecule is CC(C)CN1CCN(c2cc(NN)cc([N+](=O)[O-])c2)CC1. The van der Waals surface area contributed by atoms with E-state index >= 15 is 0 Å². The van der Waals surface area contributed by atoms with Crippen LogP contribution in [-0.2, 0) is 0 Å². The van der Waals surface area contributed by atoms with Crippen molar-refractivity contribution in [3.8, 4) is 0 Å². The van der Waals surface area contributed by atoms with Crippen molar-refractivity contribution < 1.29 is 4.92 Å². The van der Waals surface area contributed by atoms with Gasteiger partial charge in [-0.1, -0.05) is 13.8 Å². The molecule has 0 saturated carbocycles. The first kappa shape index (κ1) is 15.5. The van der Waals surface area contributed by atoms with E-state index in [4.69, 9.17) is 5.84 Å². The highest BCUT2D eigenvalue weighted by molar-refractivity contribution is 5.64. The van der Waals surface area contributed by atoms with E-state index in [1.807, 2.05) is 6.07 Å². The average molecular weight is 293 g/mol. The Bertz CT molecular complexity index is 498. The summed E-state index contributed by atoms with van der Waals surface area (Å²) in [7, 11) is 0. The summed E-state index contributed by atoms with van der Waals surface area (Å²) in [5, 5.41) is 11.0. The molecule has 1 aromatic rings. The Labute approximate surface area is 124 Å². The maximum Gasteiger partial charge on any atom is 0.273 e. The predicted molar refractivity (Wildman–Crippen MR) is 84.4 cm³/mol. The second kappa shape index (κ2) is 6.73. The molecule has 0 aromatic heterocycles. The van der Waals surface area contributed by atoms with Crippen LogP contribution < -0.4 is 16.2 Å². The lowest BCUT2D eigenvalue weighted by Crippen LogP contribution is -2.47. The maximum absolute atomic E-state index is 11.0. The van der Waals surface area contributed by atoms with Gasteiger partial charge < -0.3 is 10.3 Å². The predicted octanol–water partition coefficient (Wildman–Crippen LogP) is 1.66. The smallest absolute Gasteiger partial charge is 0.273 e. The van der Waals surface area contributed by atoms with Crippen LogP contribution in [0.25, 0.3) is 0 Å². The van der Waals surface area contributed by atoms with Crippen molar-refractivity contribution >= 4 is 17.1 Å². The fraction of sp³-hybridized carbons (Fsp3) is 0.571. The van der Waals surface area contributed by atoms with Crippen LogP contribution in [0.3, 0.4) is 0 Å². The van der Waals surface area contributed by atoms with E-state index in [2.05, 4.69) is 29.1 Å². The summed E-state index contributed by atoms with van der Waals surface area (Å²) in [4.78, 5) is 15.2. The molecule has 1 heterocycles. The van der Waals surface area contributed by atoms with Crippen LogP contribution in [0.4, 0.5) is 17.1 Å². The highest BCUT2D eigenvalue weighted by atomic mass is 16.6. The summed E-state index contributed by atoms with van der Waals surface area (Å²) in [5.74, 6) is 6.05. The fourth-order valence-electron chi connectivity index (χ4n) is 2.67. The van der Waals surface area contributed by atoms with Gasteiger partial charge in [0.05, 0.1) is 10.6 Å². The van der Waals surface area contributed by atoms with Crippen molar-refractivity contribution in [2.45, 2.75) is 13.8 Å². The number of non-ortho nitro benzene ring substituents is 1. The van der Waals surface area contributed by atoms with Gasteiger partial charge in [-0.15, -0.1) is 0 Å². The van der Waals surface area contributed by atoms with Crippen LogP contribution >= 0.6 is 0 Å². The number of rotatable bonds is 5. The summed E-state index contributed by atoms with van der Waals surface area (Å²) in [5.41, 5.74) is 3.96. The number of piperazine rings is 1. The number of hydrogen-bond donors (Lipinski definition) is 2. The molecule has 2 rings (SSSR count). The summed E-state index contributed by atoms with van der Waals surface area (Å²) in [6.07, 6.45) is 0. The van der Waals surface area contributed by atoms with Crippen LogP contribution in [0.15, 0.2) is 18.2 Å². The monoisotopic (exact) mass is 293 g/mol. The highest BCUT2D eigenvalue weighted by Gasteiger charge is 2.20. The van der Waals surface area contributed by atoms with Gasteiger partial charge in [-0.3, -0.25) is 20.9 Å². The number of nitrogen functional groups attached to an aromatic ring is 1. The molecule has 0 amide bonds. The second-order valence-electron chi connectivity index (χ2n) is 5.82.